The number of carbonyl (C=O) groups excluding carboxylic acids is 1. The summed E-state index contributed by atoms with van der Waals surface area (Å²) in [4.78, 5) is 23.5. The van der Waals surface area contributed by atoms with E-state index in [4.69, 9.17) is 9.72 Å². The lowest BCUT2D eigenvalue weighted by Crippen LogP contribution is -2.32. The number of rotatable bonds is 7. The van der Waals surface area contributed by atoms with Gasteiger partial charge in [-0.3, -0.25) is 9.69 Å². The zero-order valence-electron chi connectivity index (χ0n) is 16.1. The molecule has 1 unspecified atom stereocenters. The van der Waals surface area contributed by atoms with Gasteiger partial charge in [-0.15, -0.1) is 0 Å². The third-order valence-electron chi connectivity index (χ3n) is 4.59. The molecule has 27 heavy (non-hydrogen) atoms. The number of carbonyl (C=O) groups is 1. The number of aryl methyl sites for hydroxylation is 1. The highest BCUT2D eigenvalue weighted by molar-refractivity contribution is 5.80. The molecule has 1 heterocycles. The molecular formula is C22H25N3O2. The average Bonchev–Trinajstić information content (AvgIpc) is 2.68. The Kier molecular flexibility index (Phi) is 6.14. The first-order valence-corrected chi connectivity index (χ1v) is 9.13. The molecule has 0 N–H and O–H groups in total. The van der Waals surface area contributed by atoms with Crippen molar-refractivity contribution in [2.24, 2.45) is 5.92 Å². The van der Waals surface area contributed by atoms with Crippen LogP contribution < -0.4 is 0 Å². The van der Waals surface area contributed by atoms with E-state index >= 15 is 0 Å². The summed E-state index contributed by atoms with van der Waals surface area (Å²) in [6.45, 7) is 5.76. The smallest absolute Gasteiger partial charge is 0.309 e. The van der Waals surface area contributed by atoms with Gasteiger partial charge in [-0.2, -0.15) is 0 Å². The number of aromatic nitrogens is 2. The highest BCUT2D eigenvalue weighted by atomic mass is 16.5. The molecule has 0 amide bonds. The molecule has 0 aliphatic carbocycles. The first-order valence-electron chi connectivity index (χ1n) is 9.13. The molecule has 1 aromatic heterocycles. The average molecular weight is 363 g/mol. The second-order valence-corrected chi connectivity index (χ2v) is 6.82. The molecule has 3 aromatic rings. The molecule has 1 atom stereocenters. The molecule has 0 fully saturated rings. The third kappa shape index (κ3) is 4.89. The minimum absolute atomic E-state index is 0.205. The number of esters is 1. The van der Waals surface area contributed by atoms with E-state index in [1.54, 1.807) is 0 Å². The summed E-state index contributed by atoms with van der Waals surface area (Å²) in [6.07, 6.45) is 0. The quantitative estimate of drug-likeness (QED) is 0.599. The normalized spacial score (nSPS) is 12.3. The number of methoxy groups -OCH3 is 1. The fraction of sp³-hybridized carbons (Fsp3) is 0.318. The van der Waals surface area contributed by atoms with E-state index in [1.165, 1.54) is 12.7 Å². The Balaban J connectivity index is 1.84. The van der Waals surface area contributed by atoms with Gasteiger partial charge in [0.1, 0.15) is 5.82 Å². The van der Waals surface area contributed by atoms with Gasteiger partial charge < -0.3 is 4.74 Å². The van der Waals surface area contributed by atoms with E-state index in [9.17, 15) is 4.79 Å². The van der Waals surface area contributed by atoms with Crippen molar-refractivity contribution in [2.45, 2.75) is 26.9 Å². The van der Waals surface area contributed by atoms with E-state index < -0.39 is 0 Å². The van der Waals surface area contributed by atoms with Gasteiger partial charge in [0, 0.05) is 24.2 Å². The van der Waals surface area contributed by atoms with Gasteiger partial charge in [-0.1, -0.05) is 55.5 Å². The van der Waals surface area contributed by atoms with Gasteiger partial charge in [-0.05, 0) is 18.6 Å². The van der Waals surface area contributed by atoms with Crippen molar-refractivity contribution in [3.63, 3.8) is 0 Å². The van der Waals surface area contributed by atoms with Crippen molar-refractivity contribution < 1.29 is 9.53 Å². The van der Waals surface area contributed by atoms with Gasteiger partial charge in [0.2, 0.25) is 0 Å². The second-order valence-electron chi connectivity index (χ2n) is 6.82. The van der Waals surface area contributed by atoms with E-state index in [0.717, 1.165) is 29.0 Å². The van der Waals surface area contributed by atoms with Crippen molar-refractivity contribution in [3.8, 4) is 0 Å². The highest BCUT2D eigenvalue weighted by Crippen LogP contribution is 2.17. The van der Waals surface area contributed by atoms with Crippen LogP contribution in [-0.4, -0.2) is 34.5 Å². The molecule has 0 spiro atoms. The lowest BCUT2D eigenvalue weighted by atomic mass is 10.1. The largest absolute Gasteiger partial charge is 0.469 e. The molecule has 0 aliphatic heterocycles. The van der Waals surface area contributed by atoms with Crippen LogP contribution >= 0.6 is 0 Å². The Bertz CT molecular complexity index is 912. The topological polar surface area (TPSA) is 55.3 Å². The lowest BCUT2D eigenvalue weighted by Gasteiger charge is -2.24. The number of hydrogen-bond donors (Lipinski definition) is 0. The van der Waals surface area contributed by atoms with E-state index in [2.05, 4.69) is 22.0 Å². The Morgan fingerprint density at radius 1 is 1.04 bits per heavy atom. The van der Waals surface area contributed by atoms with Crippen molar-refractivity contribution in [1.82, 2.24) is 14.9 Å². The molecule has 3 rings (SSSR count). The SMILES string of the molecule is COC(=O)C(C)CN(Cc1ccccc1)Cc1nc(C)c2ccccc2n1. The molecule has 0 aliphatic rings. The predicted molar refractivity (Wildman–Crippen MR) is 106 cm³/mol. The minimum Gasteiger partial charge on any atom is -0.469 e. The summed E-state index contributed by atoms with van der Waals surface area (Å²) in [7, 11) is 1.43. The fourth-order valence-electron chi connectivity index (χ4n) is 3.26. The van der Waals surface area contributed by atoms with E-state index in [1.807, 2.05) is 56.3 Å². The monoisotopic (exact) mass is 363 g/mol. The maximum absolute atomic E-state index is 11.9. The number of para-hydroxylation sites is 1. The molecular weight excluding hydrogens is 338 g/mol. The summed E-state index contributed by atoms with van der Waals surface area (Å²) in [6, 6.07) is 18.2. The Morgan fingerprint density at radius 3 is 2.48 bits per heavy atom. The fourth-order valence-corrected chi connectivity index (χ4v) is 3.26. The van der Waals surface area contributed by atoms with Crippen LogP contribution in [0.3, 0.4) is 0 Å². The maximum atomic E-state index is 11.9. The number of benzene rings is 2. The zero-order valence-corrected chi connectivity index (χ0v) is 16.1. The maximum Gasteiger partial charge on any atom is 0.309 e. The van der Waals surface area contributed by atoms with Crippen molar-refractivity contribution in [1.29, 1.82) is 0 Å². The standard InChI is InChI=1S/C22H25N3O2/c1-16(22(26)27-3)13-25(14-18-9-5-4-6-10-18)15-21-23-17(2)19-11-7-8-12-20(19)24-21/h4-12,16H,13-15H2,1-3H3. The Morgan fingerprint density at radius 2 is 1.74 bits per heavy atom. The predicted octanol–water partition coefficient (Wildman–Crippen LogP) is 3.75. The highest BCUT2D eigenvalue weighted by Gasteiger charge is 2.19. The number of hydrogen-bond acceptors (Lipinski definition) is 5. The number of ether oxygens (including phenoxy) is 1. The van der Waals surface area contributed by atoms with Crippen LogP contribution in [0.25, 0.3) is 10.9 Å². The third-order valence-corrected chi connectivity index (χ3v) is 4.59. The van der Waals surface area contributed by atoms with Gasteiger partial charge in [0.05, 0.1) is 25.1 Å². The molecule has 140 valence electrons. The van der Waals surface area contributed by atoms with Gasteiger partial charge in [-0.25, -0.2) is 9.97 Å². The molecule has 0 radical (unpaired) electrons. The van der Waals surface area contributed by atoms with Crippen LogP contribution in [0.15, 0.2) is 54.6 Å². The minimum atomic E-state index is -0.222. The van der Waals surface area contributed by atoms with Gasteiger partial charge >= 0.3 is 5.97 Å². The van der Waals surface area contributed by atoms with Crippen LogP contribution in [0.1, 0.15) is 24.0 Å². The first-order chi connectivity index (χ1) is 13.1. The number of nitrogens with zero attached hydrogens (tertiary/aromatic N) is 3. The van der Waals surface area contributed by atoms with Crippen molar-refractivity contribution in [2.75, 3.05) is 13.7 Å². The van der Waals surface area contributed by atoms with Crippen molar-refractivity contribution >= 4 is 16.9 Å². The summed E-state index contributed by atoms with van der Waals surface area (Å²) in [5.74, 6) is 0.336. The van der Waals surface area contributed by atoms with E-state index in [0.29, 0.717) is 13.1 Å². The molecule has 0 bridgehead atoms. The van der Waals surface area contributed by atoms with E-state index in [-0.39, 0.29) is 11.9 Å². The zero-order chi connectivity index (χ0) is 19.2. The summed E-state index contributed by atoms with van der Waals surface area (Å²) in [5, 5.41) is 1.07. The van der Waals surface area contributed by atoms with Crippen molar-refractivity contribution in [3.05, 3.63) is 71.7 Å². The molecule has 5 nitrogen and oxygen atoms in total. The molecule has 2 aromatic carbocycles. The second kappa shape index (κ2) is 8.73. The number of fused-ring (bicyclic) bond motifs is 1. The van der Waals surface area contributed by atoms with Gasteiger partial charge in [0.25, 0.3) is 0 Å². The summed E-state index contributed by atoms with van der Waals surface area (Å²) in [5.41, 5.74) is 3.10. The molecule has 0 saturated carbocycles. The van der Waals surface area contributed by atoms with Crippen LogP contribution in [0.4, 0.5) is 0 Å². The van der Waals surface area contributed by atoms with Crippen LogP contribution in [-0.2, 0) is 22.6 Å². The first kappa shape index (κ1) is 19.0. The lowest BCUT2D eigenvalue weighted by molar-refractivity contribution is -0.145. The van der Waals surface area contributed by atoms with Gasteiger partial charge in [0.15, 0.2) is 0 Å². The Hall–Kier alpha value is -2.79. The molecule has 5 heteroatoms. The van der Waals surface area contributed by atoms with Crippen LogP contribution in [0.2, 0.25) is 0 Å². The summed E-state index contributed by atoms with van der Waals surface area (Å²) >= 11 is 0. The molecule has 0 saturated heterocycles. The van der Waals surface area contributed by atoms with Crippen LogP contribution in [0, 0.1) is 12.8 Å². The van der Waals surface area contributed by atoms with Crippen LogP contribution in [0.5, 0.6) is 0 Å². The Labute approximate surface area is 160 Å². The summed E-state index contributed by atoms with van der Waals surface area (Å²) < 4.78 is 4.89.